The van der Waals surface area contributed by atoms with E-state index in [9.17, 15) is 8.42 Å². The Hall–Kier alpha value is -1.26. The van der Waals surface area contributed by atoms with E-state index < -0.39 is 10.0 Å². The summed E-state index contributed by atoms with van der Waals surface area (Å²) in [5.74, 6) is 0. The van der Waals surface area contributed by atoms with Crippen molar-refractivity contribution in [3.8, 4) is 0 Å². The van der Waals surface area contributed by atoms with Gasteiger partial charge in [-0.15, -0.1) is 0 Å². The number of nitrogens with one attached hydrogen (secondary N) is 1. The summed E-state index contributed by atoms with van der Waals surface area (Å²) in [5.41, 5.74) is 1.51. The van der Waals surface area contributed by atoms with Crippen LogP contribution in [0.3, 0.4) is 0 Å². The zero-order valence-corrected chi connectivity index (χ0v) is 13.7. The minimum Gasteiger partial charge on any atom is -0.280 e. The molecule has 5 nitrogen and oxygen atoms in total. The van der Waals surface area contributed by atoms with Crippen LogP contribution < -0.4 is 4.72 Å². The zero-order valence-electron chi connectivity index (χ0n) is 9.95. The van der Waals surface area contributed by atoms with Crippen LogP contribution in [0.1, 0.15) is 0 Å². The van der Waals surface area contributed by atoms with Gasteiger partial charge in [0.05, 0.1) is 11.7 Å². The van der Waals surface area contributed by atoms with Crippen LogP contribution in [0.5, 0.6) is 0 Å². The smallest absolute Gasteiger partial charge is 0.264 e. The maximum absolute atomic E-state index is 12.4. The van der Waals surface area contributed by atoms with Gasteiger partial charge in [0.15, 0.2) is 0 Å². The van der Waals surface area contributed by atoms with Crippen molar-refractivity contribution in [3.05, 3.63) is 46.0 Å². The highest BCUT2D eigenvalue weighted by Gasteiger charge is 2.19. The Morgan fingerprint density at radius 2 is 1.90 bits per heavy atom. The number of benzene rings is 2. The van der Waals surface area contributed by atoms with E-state index in [1.807, 2.05) is 6.07 Å². The first kappa shape index (κ1) is 13.7. The second-order valence-corrected chi connectivity index (χ2v) is 7.43. The topological polar surface area (TPSA) is 72.0 Å². The van der Waals surface area contributed by atoms with Gasteiger partial charge in [-0.1, -0.05) is 12.1 Å². The number of halogens is 1. The molecule has 2 aromatic carbocycles. The Balaban J connectivity index is 2.06. The molecule has 0 atom stereocenters. The van der Waals surface area contributed by atoms with Crippen LogP contribution >= 0.6 is 34.3 Å². The van der Waals surface area contributed by atoms with Gasteiger partial charge in [-0.3, -0.25) is 4.72 Å². The summed E-state index contributed by atoms with van der Waals surface area (Å²) >= 11 is 3.13. The summed E-state index contributed by atoms with van der Waals surface area (Å²) < 4.78 is 36.5. The normalized spacial score (nSPS) is 11.7. The highest BCUT2D eigenvalue weighted by molar-refractivity contribution is 14.1. The van der Waals surface area contributed by atoms with E-state index in [0.29, 0.717) is 16.7 Å². The highest BCUT2D eigenvalue weighted by Crippen LogP contribution is 2.24. The SMILES string of the molecule is O=S(=O)(Nc1cccc(I)c1)c1cccc2nsnc12. The van der Waals surface area contributed by atoms with E-state index >= 15 is 0 Å². The van der Waals surface area contributed by atoms with Crippen molar-refractivity contribution in [3.63, 3.8) is 0 Å². The molecule has 0 aliphatic carbocycles. The minimum atomic E-state index is -3.68. The molecule has 1 N–H and O–H groups in total. The van der Waals surface area contributed by atoms with Gasteiger partial charge >= 0.3 is 0 Å². The fourth-order valence-electron chi connectivity index (χ4n) is 1.76. The van der Waals surface area contributed by atoms with E-state index in [1.165, 1.54) is 6.07 Å². The molecule has 8 heteroatoms. The van der Waals surface area contributed by atoms with Crippen LogP contribution in [-0.4, -0.2) is 17.2 Å². The molecule has 0 unspecified atom stereocenters. The molecule has 0 saturated carbocycles. The molecule has 0 bridgehead atoms. The number of rotatable bonds is 3. The largest absolute Gasteiger partial charge is 0.280 e. The number of anilines is 1. The third-order valence-corrected chi connectivity index (χ3v) is 5.24. The van der Waals surface area contributed by atoms with Gasteiger partial charge in [-0.2, -0.15) is 8.75 Å². The van der Waals surface area contributed by atoms with E-state index in [4.69, 9.17) is 0 Å². The van der Waals surface area contributed by atoms with E-state index in [2.05, 4.69) is 36.1 Å². The lowest BCUT2D eigenvalue weighted by molar-refractivity contribution is 0.602. The molecular formula is C12H8IN3O2S2. The molecule has 1 heterocycles. The zero-order chi connectivity index (χ0) is 14.2. The van der Waals surface area contributed by atoms with Gasteiger partial charge in [0.25, 0.3) is 10.0 Å². The molecule has 0 spiro atoms. The second-order valence-electron chi connectivity index (χ2n) is 4.00. The summed E-state index contributed by atoms with van der Waals surface area (Å²) in [4.78, 5) is 0.141. The number of aromatic nitrogens is 2. The lowest BCUT2D eigenvalue weighted by Gasteiger charge is -2.08. The fraction of sp³-hybridized carbons (Fsp3) is 0. The van der Waals surface area contributed by atoms with Crippen LogP contribution in [0.15, 0.2) is 47.4 Å². The van der Waals surface area contributed by atoms with Gasteiger partial charge in [0.2, 0.25) is 0 Å². The van der Waals surface area contributed by atoms with E-state index in [0.717, 1.165) is 15.3 Å². The Labute approximate surface area is 133 Å². The molecule has 1 aromatic heterocycles. The predicted octanol–water partition coefficient (Wildman–Crippen LogP) is 3.10. The lowest BCUT2D eigenvalue weighted by atomic mass is 10.3. The molecule has 0 aliphatic heterocycles. The van der Waals surface area contributed by atoms with Crippen molar-refractivity contribution in [1.82, 2.24) is 8.75 Å². The molecule has 0 radical (unpaired) electrons. The predicted molar refractivity (Wildman–Crippen MR) is 87.4 cm³/mol. The molecule has 0 fully saturated rings. The highest BCUT2D eigenvalue weighted by atomic mass is 127. The number of fused-ring (bicyclic) bond motifs is 1. The van der Waals surface area contributed by atoms with Crippen molar-refractivity contribution < 1.29 is 8.42 Å². The third kappa shape index (κ3) is 2.63. The maximum Gasteiger partial charge on any atom is 0.264 e. The molecule has 20 heavy (non-hydrogen) atoms. The molecule has 0 amide bonds. The van der Waals surface area contributed by atoms with Crippen molar-refractivity contribution in [2.24, 2.45) is 0 Å². The van der Waals surface area contributed by atoms with Crippen LogP contribution in [0.2, 0.25) is 0 Å². The average molecular weight is 417 g/mol. The fourth-order valence-corrected chi connectivity index (χ4v) is 4.12. The molecule has 0 saturated heterocycles. The first-order valence-corrected chi connectivity index (χ1v) is 8.85. The monoisotopic (exact) mass is 417 g/mol. The maximum atomic E-state index is 12.4. The van der Waals surface area contributed by atoms with E-state index in [1.54, 1.807) is 30.3 Å². The van der Waals surface area contributed by atoms with Crippen molar-refractivity contribution in [1.29, 1.82) is 0 Å². The summed E-state index contributed by atoms with van der Waals surface area (Å²) in [6.45, 7) is 0. The number of sulfonamides is 1. The Kier molecular flexibility index (Phi) is 3.61. The minimum absolute atomic E-state index is 0.141. The lowest BCUT2D eigenvalue weighted by Crippen LogP contribution is -2.13. The van der Waals surface area contributed by atoms with Gasteiger partial charge in [-0.05, 0) is 52.9 Å². The van der Waals surface area contributed by atoms with Crippen molar-refractivity contribution in [2.45, 2.75) is 4.90 Å². The molecule has 0 aliphatic rings. The quantitative estimate of drug-likeness (QED) is 0.665. The Bertz CT molecular complexity index is 877. The second kappa shape index (κ2) is 5.26. The number of hydrogen-bond acceptors (Lipinski definition) is 5. The summed E-state index contributed by atoms with van der Waals surface area (Å²) in [7, 11) is -3.68. The van der Waals surface area contributed by atoms with Crippen LogP contribution in [0, 0.1) is 3.57 Å². The molecule has 3 rings (SSSR count). The third-order valence-electron chi connectivity index (χ3n) is 2.62. The van der Waals surface area contributed by atoms with Crippen LogP contribution in [-0.2, 0) is 10.0 Å². The van der Waals surface area contributed by atoms with Crippen LogP contribution in [0.25, 0.3) is 11.0 Å². The van der Waals surface area contributed by atoms with Gasteiger partial charge in [0, 0.05) is 9.26 Å². The summed E-state index contributed by atoms with van der Waals surface area (Å²) in [6, 6.07) is 12.1. The first-order valence-electron chi connectivity index (χ1n) is 5.56. The first-order chi connectivity index (χ1) is 9.56. The van der Waals surface area contributed by atoms with Crippen molar-refractivity contribution in [2.75, 3.05) is 4.72 Å². The molecule has 102 valence electrons. The molecule has 3 aromatic rings. The standard InChI is InChI=1S/C12H8IN3O2S2/c13-8-3-1-4-9(7-8)16-20(17,18)11-6-2-5-10-12(11)15-19-14-10/h1-7,16H. The number of nitrogens with zero attached hydrogens (tertiary/aromatic N) is 2. The van der Waals surface area contributed by atoms with E-state index in [-0.39, 0.29) is 4.90 Å². The Morgan fingerprint density at radius 3 is 2.70 bits per heavy atom. The van der Waals surface area contributed by atoms with Gasteiger partial charge in [0.1, 0.15) is 15.9 Å². The van der Waals surface area contributed by atoms with Gasteiger partial charge in [-0.25, -0.2) is 8.42 Å². The van der Waals surface area contributed by atoms with Crippen LogP contribution in [0.4, 0.5) is 5.69 Å². The molecular weight excluding hydrogens is 409 g/mol. The van der Waals surface area contributed by atoms with Crippen molar-refractivity contribution >= 4 is 61.1 Å². The number of hydrogen-bond donors (Lipinski definition) is 1. The summed E-state index contributed by atoms with van der Waals surface area (Å²) in [6.07, 6.45) is 0. The average Bonchev–Trinajstić information content (AvgIpc) is 2.85. The summed E-state index contributed by atoms with van der Waals surface area (Å²) in [5, 5.41) is 0. The Morgan fingerprint density at radius 1 is 1.10 bits per heavy atom. The van der Waals surface area contributed by atoms with Gasteiger partial charge < -0.3 is 0 Å².